The average molecular weight is 559 g/mol. The van der Waals surface area contributed by atoms with Crippen LogP contribution >= 0.6 is 23.2 Å². The van der Waals surface area contributed by atoms with Gasteiger partial charge in [-0.3, -0.25) is 14.2 Å². The summed E-state index contributed by atoms with van der Waals surface area (Å²) >= 11 is 13.2. The number of primary amides is 1. The number of amides is 2. The molecule has 0 aliphatic carbocycles. The first-order valence-electron chi connectivity index (χ1n) is 12.4. The summed E-state index contributed by atoms with van der Waals surface area (Å²) in [6, 6.07) is 19.1. The van der Waals surface area contributed by atoms with E-state index in [1.54, 1.807) is 16.7 Å². The van der Waals surface area contributed by atoms with Crippen LogP contribution in [-0.2, 0) is 18.5 Å². The fraction of sp³-hybridized carbons (Fsp3) is 0.172. The molecule has 0 bridgehead atoms. The van der Waals surface area contributed by atoms with Gasteiger partial charge in [0.1, 0.15) is 12.7 Å². The molecule has 39 heavy (non-hydrogen) atoms. The van der Waals surface area contributed by atoms with Crippen LogP contribution in [0.4, 0.5) is 0 Å². The van der Waals surface area contributed by atoms with Gasteiger partial charge >= 0.3 is 0 Å². The van der Waals surface area contributed by atoms with Crippen molar-refractivity contribution in [2.24, 2.45) is 5.73 Å². The zero-order valence-electron chi connectivity index (χ0n) is 21.0. The van der Waals surface area contributed by atoms with Crippen molar-refractivity contribution < 1.29 is 9.59 Å². The highest BCUT2D eigenvalue weighted by Crippen LogP contribution is 2.40. The van der Waals surface area contributed by atoms with E-state index >= 15 is 0 Å². The summed E-state index contributed by atoms with van der Waals surface area (Å²) in [6.07, 6.45) is 4.13. The molecule has 1 aliphatic heterocycles. The number of nitrogens with zero attached hydrogens (tertiary/aromatic N) is 4. The number of benzene rings is 3. The van der Waals surface area contributed by atoms with E-state index in [9.17, 15) is 9.59 Å². The smallest absolute Gasteiger partial charge is 0.255 e. The number of nitrogens with two attached hydrogens (primary N) is 1. The summed E-state index contributed by atoms with van der Waals surface area (Å²) in [5.74, 6) is -0.850. The highest BCUT2D eigenvalue weighted by Gasteiger charge is 2.41. The molecule has 0 saturated heterocycles. The topological polar surface area (TPSA) is 108 Å². The molecule has 0 saturated carbocycles. The van der Waals surface area contributed by atoms with E-state index in [1.807, 2.05) is 55.5 Å². The molecule has 1 atom stereocenters. The van der Waals surface area contributed by atoms with Gasteiger partial charge in [0.05, 0.1) is 38.9 Å². The molecular weight excluding hydrogens is 535 g/mol. The number of carbonyl (C=O) groups excluding carboxylic acids is 2. The summed E-state index contributed by atoms with van der Waals surface area (Å²) in [5.41, 5.74) is 10.2. The van der Waals surface area contributed by atoms with E-state index in [2.05, 4.69) is 20.1 Å². The Balaban J connectivity index is 1.45. The third kappa shape index (κ3) is 4.26. The Hall–Kier alpha value is -4.14. The van der Waals surface area contributed by atoms with Gasteiger partial charge in [-0.15, -0.1) is 10.2 Å². The van der Waals surface area contributed by atoms with E-state index in [-0.39, 0.29) is 15.6 Å². The number of aryl methyl sites for hydroxylation is 1. The Bertz CT molecular complexity index is 1720. The monoisotopic (exact) mass is 558 g/mol. The van der Waals surface area contributed by atoms with Crippen molar-refractivity contribution in [3.8, 4) is 5.69 Å². The maximum Gasteiger partial charge on any atom is 0.255 e. The molecule has 5 aromatic rings. The normalized spacial score (nSPS) is 16.7. The molecule has 196 valence electrons. The number of hydrogen-bond acceptors (Lipinski definition) is 4. The predicted octanol–water partition coefficient (Wildman–Crippen LogP) is 5.21. The molecule has 3 heterocycles. The fourth-order valence-corrected chi connectivity index (χ4v) is 6.27. The van der Waals surface area contributed by atoms with E-state index < -0.39 is 17.4 Å². The first kappa shape index (κ1) is 25.2. The summed E-state index contributed by atoms with van der Waals surface area (Å²) in [7, 11) is 0. The van der Waals surface area contributed by atoms with Crippen molar-refractivity contribution in [3.05, 3.63) is 111 Å². The lowest BCUT2D eigenvalue weighted by atomic mass is 9.81. The molecule has 0 unspecified atom stereocenters. The minimum absolute atomic E-state index is 0.182. The van der Waals surface area contributed by atoms with Crippen LogP contribution in [0.1, 0.15) is 44.0 Å². The van der Waals surface area contributed by atoms with Crippen LogP contribution in [0.15, 0.2) is 73.3 Å². The number of nitrogens with one attached hydrogen (secondary N) is 1. The van der Waals surface area contributed by atoms with Crippen LogP contribution in [0.2, 0.25) is 10.0 Å². The van der Waals surface area contributed by atoms with Gasteiger partial charge in [-0.2, -0.15) is 0 Å². The third-order valence-electron chi connectivity index (χ3n) is 7.44. The molecule has 8 nitrogen and oxygen atoms in total. The summed E-state index contributed by atoms with van der Waals surface area (Å²) in [4.78, 5) is 26.4. The molecule has 3 N–H and O–H groups in total. The minimum atomic E-state index is -0.795. The summed E-state index contributed by atoms with van der Waals surface area (Å²) in [6.45, 7) is 2.39. The second-order valence-corrected chi connectivity index (χ2v) is 10.7. The lowest BCUT2D eigenvalue weighted by Crippen LogP contribution is -2.51. The number of aromatic nitrogens is 4. The maximum absolute atomic E-state index is 13.9. The standard InChI is InChI=1S/C29H24Cl2N6O2/c1-17-7-8-23-20(11-17)25(27(32)38)24-9-10-29(14-37(23)24,18-5-3-2-4-6-18)35-28(39)26-21(30)12-19(13-22(26)31)36-15-33-34-16-36/h2-8,11-13,15-16H,9-10,14H2,1H3,(H2,32,38)(H,35,39)/t29-/m1/s1. The second-order valence-electron chi connectivity index (χ2n) is 9.85. The van der Waals surface area contributed by atoms with Crippen LogP contribution in [0.25, 0.3) is 16.6 Å². The molecule has 1 aliphatic rings. The first-order chi connectivity index (χ1) is 18.8. The molecular formula is C29H24Cl2N6O2. The zero-order chi connectivity index (χ0) is 27.3. The Morgan fingerprint density at radius 1 is 0.974 bits per heavy atom. The Kier molecular flexibility index (Phi) is 6.16. The zero-order valence-corrected chi connectivity index (χ0v) is 22.5. The molecule has 10 heteroatoms. The highest BCUT2D eigenvalue weighted by molar-refractivity contribution is 6.40. The lowest BCUT2D eigenvalue weighted by Gasteiger charge is -2.40. The largest absolute Gasteiger partial charge is 0.366 e. The number of hydrogen-bond donors (Lipinski definition) is 2. The Labute approximate surface area is 234 Å². The molecule has 0 spiro atoms. The molecule has 6 rings (SSSR count). The quantitative estimate of drug-likeness (QED) is 0.308. The van der Waals surface area contributed by atoms with Gasteiger partial charge in [0.25, 0.3) is 11.8 Å². The van der Waals surface area contributed by atoms with Gasteiger partial charge in [0.15, 0.2) is 0 Å². The molecule has 2 aromatic heterocycles. The minimum Gasteiger partial charge on any atom is -0.366 e. The third-order valence-corrected chi connectivity index (χ3v) is 8.04. The van der Waals surface area contributed by atoms with Crippen LogP contribution in [0.3, 0.4) is 0 Å². The van der Waals surface area contributed by atoms with Crippen LogP contribution in [0.5, 0.6) is 0 Å². The molecule has 0 radical (unpaired) electrons. The van der Waals surface area contributed by atoms with Gasteiger partial charge in [-0.05, 0) is 49.6 Å². The molecule has 0 fully saturated rings. The van der Waals surface area contributed by atoms with Crippen molar-refractivity contribution in [1.82, 2.24) is 24.6 Å². The number of fused-ring (bicyclic) bond motifs is 3. The number of carbonyl (C=O) groups is 2. The van der Waals surface area contributed by atoms with Gasteiger partial charge < -0.3 is 15.6 Å². The van der Waals surface area contributed by atoms with Gasteiger partial charge in [0.2, 0.25) is 0 Å². The summed E-state index contributed by atoms with van der Waals surface area (Å²) in [5, 5.41) is 12.1. The predicted molar refractivity (Wildman–Crippen MR) is 150 cm³/mol. The second kappa shape index (κ2) is 9.55. The van der Waals surface area contributed by atoms with Gasteiger partial charge in [0, 0.05) is 16.6 Å². The maximum atomic E-state index is 13.9. The van der Waals surface area contributed by atoms with Gasteiger partial charge in [-0.1, -0.05) is 65.2 Å². The van der Waals surface area contributed by atoms with Crippen molar-refractivity contribution in [1.29, 1.82) is 0 Å². The SMILES string of the molecule is Cc1ccc2c(c1)c(C(N)=O)c1n2C[C@@](NC(=O)c2c(Cl)cc(-n3cnnc3)cc2Cl)(c2ccccc2)CC1. The van der Waals surface area contributed by atoms with Crippen molar-refractivity contribution in [2.75, 3.05) is 0 Å². The first-order valence-corrected chi connectivity index (χ1v) is 13.2. The van der Waals surface area contributed by atoms with E-state index in [0.717, 1.165) is 27.7 Å². The van der Waals surface area contributed by atoms with Crippen LogP contribution in [-0.4, -0.2) is 31.1 Å². The highest BCUT2D eigenvalue weighted by atomic mass is 35.5. The summed E-state index contributed by atoms with van der Waals surface area (Å²) < 4.78 is 3.76. The fourth-order valence-electron chi connectivity index (χ4n) is 5.62. The van der Waals surface area contributed by atoms with Crippen LogP contribution < -0.4 is 11.1 Å². The van der Waals surface area contributed by atoms with E-state index in [1.165, 1.54) is 12.7 Å². The Morgan fingerprint density at radius 3 is 2.33 bits per heavy atom. The Morgan fingerprint density at radius 2 is 1.67 bits per heavy atom. The van der Waals surface area contributed by atoms with Crippen molar-refractivity contribution >= 4 is 45.9 Å². The molecule has 2 amide bonds. The van der Waals surface area contributed by atoms with Crippen molar-refractivity contribution in [2.45, 2.75) is 31.8 Å². The molecule has 3 aromatic carbocycles. The number of rotatable bonds is 5. The number of halogens is 2. The van der Waals surface area contributed by atoms with Gasteiger partial charge in [-0.25, -0.2) is 0 Å². The van der Waals surface area contributed by atoms with E-state index in [0.29, 0.717) is 30.6 Å². The average Bonchev–Trinajstić information content (AvgIpc) is 3.55. The lowest BCUT2D eigenvalue weighted by molar-refractivity contribution is 0.0865. The van der Waals surface area contributed by atoms with Crippen molar-refractivity contribution in [3.63, 3.8) is 0 Å². The van der Waals surface area contributed by atoms with Crippen LogP contribution in [0, 0.1) is 6.92 Å². The van der Waals surface area contributed by atoms with E-state index in [4.69, 9.17) is 28.9 Å².